The van der Waals surface area contributed by atoms with Gasteiger partial charge in [-0.15, -0.1) is 0 Å². The van der Waals surface area contributed by atoms with Gasteiger partial charge in [-0.25, -0.2) is 4.79 Å². The number of carbonyl (C=O) groups excluding carboxylic acids is 2. The molecule has 2 aromatic carbocycles. The predicted molar refractivity (Wildman–Crippen MR) is 110 cm³/mol. The van der Waals surface area contributed by atoms with Crippen molar-refractivity contribution < 1.29 is 14.3 Å². The topological polar surface area (TPSA) is 46.6 Å². The van der Waals surface area contributed by atoms with Crippen molar-refractivity contribution in [2.75, 3.05) is 0 Å². The van der Waals surface area contributed by atoms with E-state index in [1.54, 1.807) is 17.0 Å². The third-order valence-corrected chi connectivity index (χ3v) is 5.09. The SMILES string of the molecule is CC1=C(C(=O)OC(C)C)[C@@H](c2ccc(Cl)cc2)CC(=O)N1Cc1ccccc1. The Labute approximate surface area is 170 Å². The molecule has 0 saturated heterocycles. The Bertz CT molecular complexity index is 888. The number of hydrogen-bond donors (Lipinski definition) is 0. The average molecular weight is 398 g/mol. The lowest BCUT2D eigenvalue weighted by atomic mass is 9.83. The normalized spacial score (nSPS) is 17.2. The second-order valence-corrected chi connectivity index (χ2v) is 7.66. The zero-order valence-corrected chi connectivity index (χ0v) is 17.1. The van der Waals surface area contributed by atoms with Gasteiger partial charge in [0, 0.05) is 23.1 Å². The van der Waals surface area contributed by atoms with E-state index >= 15 is 0 Å². The first kappa shape index (κ1) is 20.2. The molecule has 0 aromatic heterocycles. The maximum Gasteiger partial charge on any atom is 0.336 e. The lowest BCUT2D eigenvalue weighted by Gasteiger charge is -2.34. The van der Waals surface area contributed by atoms with Gasteiger partial charge < -0.3 is 9.64 Å². The van der Waals surface area contributed by atoms with E-state index in [-0.39, 0.29) is 30.3 Å². The van der Waals surface area contributed by atoms with Crippen LogP contribution in [0.25, 0.3) is 0 Å². The van der Waals surface area contributed by atoms with E-state index in [0.29, 0.717) is 22.8 Å². The van der Waals surface area contributed by atoms with E-state index < -0.39 is 0 Å². The minimum Gasteiger partial charge on any atom is -0.460 e. The van der Waals surface area contributed by atoms with Gasteiger partial charge in [-0.2, -0.15) is 0 Å². The highest BCUT2D eigenvalue weighted by Gasteiger charge is 2.37. The lowest BCUT2D eigenvalue weighted by molar-refractivity contribution is -0.143. The van der Waals surface area contributed by atoms with Crippen LogP contribution in [-0.2, 0) is 20.9 Å². The Hall–Kier alpha value is -2.59. The largest absolute Gasteiger partial charge is 0.460 e. The van der Waals surface area contributed by atoms with Crippen LogP contribution in [0.15, 0.2) is 65.9 Å². The molecule has 0 saturated carbocycles. The predicted octanol–water partition coefficient (Wildman–Crippen LogP) is 5.08. The number of esters is 1. The maximum atomic E-state index is 13.0. The van der Waals surface area contributed by atoms with Gasteiger partial charge in [0.15, 0.2) is 0 Å². The molecule has 0 spiro atoms. The Morgan fingerprint density at radius 1 is 1.14 bits per heavy atom. The van der Waals surface area contributed by atoms with Crippen molar-refractivity contribution in [2.45, 2.75) is 45.8 Å². The third-order valence-electron chi connectivity index (χ3n) is 4.84. The number of benzene rings is 2. The number of nitrogens with zero attached hydrogens (tertiary/aromatic N) is 1. The highest BCUT2D eigenvalue weighted by molar-refractivity contribution is 6.30. The molecule has 0 aliphatic carbocycles. The highest BCUT2D eigenvalue weighted by Crippen LogP contribution is 2.38. The van der Waals surface area contributed by atoms with Gasteiger partial charge in [-0.3, -0.25) is 4.79 Å². The van der Waals surface area contributed by atoms with Crippen molar-refractivity contribution in [1.29, 1.82) is 0 Å². The van der Waals surface area contributed by atoms with E-state index in [4.69, 9.17) is 16.3 Å². The Balaban J connectivity index is 2.02. The molecule has 0 unspecified atom stereocenters. The number of amides is 1. The molecule has 0 bridgehead atoms. The van der Waals surface area contributed by atoms with Gasteiger partial charge in [-0.05, 0) is 44.0 Å². The van der Waals surface area contributed by atoms with Crippen molar-refractivity contribution in [3.8, 4) is 0 Å². The summed E-state index contributed by atoms with van der Waals surface area (Å²) in [6, 6.07) is 17.0. The fourth-order valence-corrected chi connectivity index (χ4v) is 3.62. The minimum atomic E-state index is -0.377. The summed E-state index contributed by atoms with van der Waals surface area (Å²) in [6.07, 6.45) is -0.0206. The number of rotatable bonds is 5. The summed E-state index contributed by atoms with van der Waals surface area (Å²) < 4.78 is 5.51. The molecule has 3 rings (SSSR count). The maximum absolute atomic E-state index is 13.0. The number of ether oxygens (including phenoxy) is 1. The molecular weight excluding hydrogens is 374 g/mol. The summed E-state index contributed by atoms with van der Waals surface area (Å²) in [5.41, 5.74) is 3.07. The van der Waals surface area contributed by atoms with Gasteiger partial charge in [0.05, 0.1) is 18.2 Å². The van der Waals surface area contributed by atoms with Crippen LogP contribution >= 0.6 is 11.6 Å². The summed E-state index contributed by atoms with van der Waals surface area (Å²) in [4.78, 5) is 27.6. The molecule has 146 valence electrons. The first-order valence-electron chi connectivity index (χ1n) is 9.38. The molecule has 1 aliphatic heterocycles. The standard InChI is InChI=1S/C23H24ClNO3/c1-15(2)28-23(27)22-16(3)25(14-17-7-5-4-6-8-17)21(26)13-20(22)18-9-11-19(24)12-10-18/h4-12,15,20H,13-14H2,1-3H3/t20-/m1/s1. The van der Waals surface area contributed by atoms with Crippen LogP contribution in [0.3, 0.4) is 0 Å². The Morgan fingerprint density at radius 2 is 1.79 bits per heavy atom. The second kappa shape index (κ2) is 8.61. The van der Waals surface area contributed by atoms with Crippen LogP contribution in [-0.4, -0.2) is 22.9 Å². The van der Waals surface area contributed by atoms with Crippen LogP contribution in [0.1, 0.15) is 44.2 Å². The zero-order chi connectivity index (χ0) is 20.3. The monoisotopic (exact) mass is 397 g/mol. The molecule has 1 heterocycles. The van der Waals surface area contributed by atoms with Crippen LogP contribution in [0, 0.1) is 0 Å². The molecular formula is C23H24ClNO3. The molecule has 1 aliphatic rings. The van der Waals surface area contributed by atoms with Crippen LogP contribution in [0.2, 0.25) is 5.02 Å². The van der Waals surface area contributed by atoms with E-state index in [1.807, 2.05) is 63.2 Å². The molecule has 2 aromatic rings. The second-order valence-electron chi connectivity index (χ2n) is 7.23. The first-order valence-corrected chi connectivity index (χ1v) is 9.76. The fourth-order valence-electron chi connectivity index (χ4n) is 3.49. The van der Waals surface area contributed by atoms with Crippen LogP contribution < -0.4 is 0 Å². The summed E-state index contributed by atoms with van der Waals surface area (Å²) in [7, 11) is 0. The fraction of sp³-hybridized carbons (Fsp3) is 0.304. The molecule has 0 fully saturated rings. The molecule has 4 nitrogen and oxygen atoms in total. The number of carbonyl (C=O) groups is 2. The molecule has 0 radical (unpaired) electrons. The Morgan fingerprint density at radius 3 is 2.39 bits per heavy atom. The van der Waals surface area contributed by atoms with E-state index in [1.165, 1.54) is 0 Å². The zero-order valence-electron chi connectivity index (χ0n) is 16.3. The van der Waals surface area contributed by atoms with Crippen LogP contribution in [0.5, 0.6) is 0 Å². The van der Waals surface area contributed by atoms with Gasteiger partial charge in [0.1, 0.15) is 0 Å². The molecule has 1 amide bonds. The van der Waals surface area contributed by atoms with Crippen molar-refractivity contribution in [2.24, 2.45) is 0 Å². The smallest absolute Gasteiger partial charge is 0.336 e. The van der Waals surface area contributed by atoms with E-state index in [2.05, 4.69) is 0 Å². The van der Waals surface area contributed by atoms with Gasteiger partial charge >= 0.3 is 5.97 Å². The molecule has 28 heavy (non-hydrogen) atoms. The quantitative estimate of drug-likeness (QED) is 0.661. The number of halogens is 1. The average Bonchev–Trinajstić information content (AvgIpc) is 2.65. The third kappa shape index (κ3) is 4.45. The molecule has 1 atom stereocenters. The van der Waals surface area contributed by atoms with E-state index in [9.17, 15) is 9.59 Å². The minimum absolute atomic E-state index is 0.0117. The van der Waals surface area contributed by atoms with Crippen molar-refractivity contribution in [1.82, 2.24) is 4.90 Å². The summed E-state index contributed by atoms with van der Waals surface area (Å²) in [5.74, 6) is -0.733. The summed E-state index contributed by atoms with van der Waals surface area (Å²) in [5, 5.41) is 0.614. The van der Waals surface area contributed by atoms with Gasteiger partial charge in [0.2, 0.25) is 5.91 Å². The van der Waals surface area contributed by atoms with Gasteiger partial charge in [0.25, 0.3) is 0 Å². The summed E-state index contributed by atoms with van der Waals surface area (Å²) >= 11 is 6.01. The van der Waals surface area contributed by atoms with Crippen molar-refractivity contribution in [3.63, 3.8) is 0 Å². The number of allylic oxidation sites excluding steroid dienone is 1. The van der Waals surface area contributed by atoms with Crippen molar-refractivity contribution >= 4 is 23.5 Å². The van der Waals surface area contributed by atoms with E-state index in [0.717, 1.165) is 11.1 Å². The Kier molecular flexibility index (Phi) is 6.20. The van der Waals surface area contributed by atoms with Crippen molar-refractivity contribution in [3.05, 3.63) is 82.0 Å². The highest BCUT2D eigenvalue weighted by atomic mass is 35.5. The molecule has 0 N–H and O–H groups in total. The summed E-state index contributed by atoms with van der Waals surface area (Å²) in [6.45, 7) is 5.89. The first-order chi connectivity index (χ1) is 13.4. The van der Waals surface area contributed by atoms with Gasteiger partial charge in [-0.1, -0.05) is 54.1 Å². The molecule has 5 heteroatoms. The van der Waals surface area contributed by atoms with Crippen LogP contribution in [0.4, 0.5) is 0 Å². The number of hydrogen-bond acceptors (Lipinski definition) is 3. The lowest BCUT2D eigenvalue weighted by Crippen LogP contribution is -2.38.